The predicted molar refractivity (Wildman–Crippen MR) is 176 cm³/mol. The number of aliphatic carboxylic acids is 1. The fourth-order valence-electron chi connectivity index (χ4n) is 12.5. The number of Topliss-reactive ketones (excluding diaryl/α,β-unsaturated/α-hetero) is 1. The Kier molecular flexibility index (Phi) is 7.84. The standard InChI is InChI=1S/C39H52O7/c1-23(2)25-13-18-38(34(44)45)19-20-39(22-46-32(43)12-8-24-7-10-27(40)28(41)21-24)26(33(25)38)9-11-30-36(5)16-15-31(42)35(3,4)29(36)14-17-37(30,39)6/h7-8,10,12,21,25-26,29-30,33,40-41H,1,9,11,13-20,22H2,2-6H3,(H,44,45)/b12-8+/t25-,26+,29-,30+,33+,36-,37+,38-,39-/m0/s1. The smallest absolute Gasteiger partial charge is 0.330 e. The lowest BCUT2D eigenvalue weighted by atomic mass is 9.32. The number of ketones is 1. The summed E-state index contributed by atoms with van der Waals surface area (Å²) in [4.78, 5) is 39.7. The largest absolute Gasteiger partial charge is 0.504 e. The summed E-state index contributed by atoms with van der Waals surface area (Å²) in [7, 11) is 0. The molecule has 3 N–H and O–H groups in total. The van der Waals surface area contributed by atoms with Gasteiger partial charge < -0.3 is 20.1 Å². The van der Waals surface area contributed by atoms with Crippen molar-refractivity contribution in [1.82, 2.24) is 0 Å². The lowest BCUT2D eigenvalue weighted by molar-refractivity contribution is -0.253. The molecular formula is C39H52O7. The summed E-state index contributed by atoms with van der Waals surface area (Å²) in [5.41, 5.74) is -0.178. The second-order valence-electron chi connectivity index (χ2n) is 16.7. The Morgan fingerprint density at radius 2 is 1.70 bits per heavy atom. The Labute approximate surface area is 273 Å². The molecule has 5 aliphatic carbocycles. The molecule has 0 aromatic heterocycles. The highest BCUT2D eigenvalue weighted by atomic mass is 16.5. The van der Waals surface area contributed by atoms with Crippen molar-refractivity contribution in [2.75, 3.05) is 6.61 Å². The molecule has 9 atom stereocenters. The molecule has 0 radical (unpaired) electrons. The first-order valence-electron chi connectivity index (χ1n) is 17.3. The SMILES string of the molecule is C=C(C)[C@@H]1CC[C@]2(C(=O)O)CC[C@]3(COC(=O)/C=C/c4ccc(O)c(O)c4)[C@H](CC[C@@H]4[C@@]5(C)CCC(=O)C(C)(C)[C@@H]5CC[C@]43C)[C@@H]12. The van der Waals surface area contributed by atoms with E-state index in [1.165, 1.54) is 18.2 Å². The van der Waals surface area contributed by atoms with E-state index < -0.39 is 22.8 Å². The van der Waals surface area contributed by atoms with Crippen LogP contribution in [0.3, 0.4) is 0 Å². The topological polar surface area (TPSA) is 121 Å². The second kappa shape index (κ2) is 11.0. The summed E-state index contributed by atoms with van der Waals surface area (Å²) in [6, 6.07) is 4.38. The van der Waals surface area contributed by atoms with Crippen molar-refractivity contribution in [1.29, 1.82) is 0 Å². The summed E-state index contributed by atoms with van der Waals surface area (Å²) in [6.07, 6.45) is 10.9. The molecule has 0 amide bonds. The summed E-state index contributed by atoms with van der Waals surface area (Å²) in [6.45, 7) is 15.7. The number of benzene rings is 1. The number of carboxylic acid groups (broad SMARTS) is 1. The molecule has 0 saturated heterocycles. The minimum absolute atomic E-state index is 0.0298. The van der Waals surface area contributed by atoms with Crippen molar-refractivity contribution in [3.63, 3.8) is 0 Å². The monoisotopic (exact) mass is 632 g/mol. The molecule has 250 valence electrons. The van der Waals surface area contributed by atoms with Crippen molar-refractivity contribution in [3.8, 4) is 11.5 Å². The van der Waals surface area contributed by atoms with Gasteiger partial charge in [-0.3, -0.25) is 9.59 Å². The summed E-state index contributed by atoms with van der Waals surface area (Å²) in [5.74, 6) is -0.534. The normalized spacial score (nSPS) is 41.2. The number of phenolic OH excluding ortho intramolecular Hbond substituents is 2. The van der Waals surface area contributed by atoms with Crippen molar-refractivity contribution in [3.05, 3.63) is 42.0 Å². The number of ether oxygens (including phenoxy) is 1. The zero-order valence-electron chi connectivity index (χ0n) is 28.2. The van der Waals surface area contributed by atoms with E-state index in [2.05, 4.69) is 34.3 Å². The quantitative estimate of drug-likeness (QED) is 0.126. The maximum atomic E-state index is 13.4. The maximum Gasteiger partial charge on any atom is 0.330 e. The third kappa shape index (κ3) is 4.53. The van der Waals surface area contributed by atoms with E-state index in [1.807, 2.05) is 6.92 Å². The number of esters is 1. The van der Waals surface area contributed by atoms with Gasteiger partial charge in [0.2, 0.25) is 0 Å². The van der Waals surface area contributed by atoms with Crippen LogP contribution in [-0.4, -0.2) is 39.6 Å². The van der Waals surface area contributed by atoms with Gasteiger partial charge in [0.25, 0.3) is 0 Å². The van der Waals surface area contributed by atoms with Crippen molar-refractivity contribution < 1.29 is 34.4 Å². The Hall–Kier alpha value is -3.09. The number of rotatable bonds is 6. The van der Waals surface area contributed by atoms with Crippen LogP contribution in [-0.2, 0) is 19.1 Å². The first-order valence-corrected chi connectivity index (χ1v) is 17.3. The van der Waals surface area contributed by atoms with E-state index in [0.29, 0.717) is 42.9 Å². The predicted octanol–water partition coefficient (Wildman–Crippen LogP) is 7.95. The van der Waals surface area contributed by atoms with Crippen LogP contribution in [0, 0.1) is 56.7 Å². The van der Waals surface area contributed by atoms with Gasteiger partial charge in [-0.05, 0) is 129 Å². The van der Waals surface area contributed by atoms with E-state index >= 15 is 0 Å². The van der Waals surface area contributed by atoms with Gasteiger partial charge in [-0.2, -0.15) is 0 Å². The van der Waals surface area contributed by atoms with E-state index in [4.69, 9.17) is 4.74 Å². The van der Waals surface area contributed by atoms with Gasteiger partial charge in [-0.1, -0.05) is 45.9 Å². The van der Waals surface area contributed by atoms with Crippen LogP contribution in [0.2, 0.25) is 0 Å². The second-order valence-corrected chi connectivity index (χ2v) is 16.7. The first kappa shape index (κ1) is 32.8. The zero-order valence-corrected chi connectivity index (χ0v) is 28.2. The molecule has 6 rings (SSSR count). The summed E-state index contributed by atoms with van der Waals surface area (Å²) >= 11 is 0. The van der Waals surface area contributed by atoms with Crippen LogP contribution in [0.4, 0.5) is 0 Å². The third-order valence-corrected chi connectivity index (χ3v) is 14.8. The van der Waals surface area contributed by atoms with Gasteiger partial charge >= 0.3 is 11.9 Å². The number of aromatic hydroxyl groups is 2. The van der Waals surface area contributed by atoms with Crippen LogP contribution in [0.5, 0.6) is 11.5 Å². The Balaban J connectivity index is 1.40. The Bertz CT molecular complexity index is 1490. The highest BCUT2D eigenvalue weighted by molar-refractivity contribution is 5.87. The van der Waals surface area contributed by atoms with Crippen LogP contribution < -0.4 is 0 Å². The number of phenols is 2. The highest BCUT2D eigenvalue weighted by Crippen LogP contribution is 2.77. The molecule has 0 unspecified atom stereocenters. The van der Waals surface area contributed by atoms with E-state index in [9.17, 15) is 29.7 Å². The van der Waals surface area contributed by atoms with Crippen LogP contribution >= 0.6 is 0 Å². The maximum absolute atomic E-state index is 13.4. The molecule has 5 aliphatic rings. The molecule has 1 aromatic carbocycles. The van der Waals surface area contributed by atoms with Crippen LogP contribution in [0.1, 0.15) is 104 Å². The van der Waals surface area contributed by atoms with Gasteiger partial charge in [0.05, 0.1) is 12.0 Å². The number of carbonyl (C=O) groups excluding carboxylic acids is 2. The number of hydrogen-bond acceptors (Lipinski definition) is 6. The molecule has 5 saturated carbocycles. The van der Waals surface area contributed by atoms with Gasteiger partial charge in [0, 0.05) is 23.3 Å². The first-order chi connectivity index (χ1) is 21.5. The van der Waals surface area contributed by atoms with E-state index in [1.54, 1.807) is 12.1 Å². The lowest BCUT2D eigenvalue weighted by Crippen LogP contribution is -2.68. The molecule has 7 heteroatoms. The third-order valence-electron chi connectivity index (χ3n) is 14.8. The number of fused-ring (bicyclic) bond motifs is 7. The average molecular weight is 633 g/mol. The fraction of sp³-hybridized carbons (Fsp3) is 0.667. The number of allylic oxidation sites excluding steroid dienone is 1. The van der Waals surface area contributed by atoms with Gasteiger partial charge in [0.1, 0.15) is 5.78 Å². The number of carbonyl (C=O) groups is 3. The average Bonchev–Trinajstić information content (AvgIpc) is 3.40. The molecule has 46 heavy (non-hydrogen) atoms. The number of carboxylic acids is 1. The van der Waals surface area contributed by atoms with Crippen molar-refractivity contribution >= 4 is 23.8 Å². The summed E-state index contributed by atoms with van der Waals surface area (Å²) < 4.78 is 6.23. The van der Waals surface area contributed by atoms with E-state index in [-0.39, 0.29) is 58.0 Å². The van der Waals surface area contributed by atoms with E-state index in [0.717, 1.165) is 44.1 Å². The minimum atomic E-state index is -0.786. The molecular weight excluding hydrogens is 580 g/mol. The highest BCUT2D eigenvalue weighted by Gasteiger charge is 2.73. The van der Waals surface area contributed by atoms with Crippen LogP contribution in [0.15, 0.2) is 36.4 Å². The van der Waals surface area contributed by atoms with Crippen molar-refractivity contribution in [2.24, 2.45) is 56.7 Å². The molecule has 1 aromatic rings. The molecule has 0 bridgehead atoms. The van der Waals surface area contributed by atoms with Gasteiger partial charge in [-0.15, -0.1) is 0 Å². The minimum Gasteiger partial charge on any atom is -0.504 e. The molecule has 0 aliphatic heterocycles. The summed E-state index contributed by atoms with van der Waals surface area (Å²) in [5, 5.41) is 30.3. The lowest BCUT2D eigenvalue weighted by Gasteiger charge is -2.72. The van der Waals surface area contributed by atoms with Gasteiger partial charge in [0.15, 0.2) is 11.5 Å². The Morgan fingerprint density at radius 3 is 2.37 bits per heavy atom. The van der Waals surface area contributed by atoms with Crippen molar-refractivity contribution in [2.45, 2.75) is 98.8 Å². The molecule has 7 nitrogen and oxygen atoms in total. The Morgan fingerprint density at radius 1 is 0.957 bits per heavy atom. The zero-order chi connectivity index (χ0) is 33.4. The van der Waals surface area contributed by atoms with Crippen LogP contribution in [0.25, 0.3) is 6.08 Å². The molecule has 5 fully saturated rings. The number of hydrogen-bond donors (Lipinski definition) is 3. The molecule has 0 heterocycles. The fourth-order valence-corrected chi connectivity index (χ4v) is 12.5. The van der Waals surface area contributed by atoms with Gasteiger partial charge in [-0.25, -0.2) is 4.79 Å². The molecule has 0 spiro atoms.